The number of esters is 1. The molecule has 0 radical (unpaired) electrons. The van der Waals surface area contributed by atoms with Gasteiger partial charge in [0, 0.05) is 5.56 Å². The van der Waals surface area contributed by atoms with E-state index in [1.54, 1.807) is 30.3 Å². The summed E-state index contributed by atoms with van der Waals surface area (Å²) in [7, 11) is -4.51. The lowest BCUT2D eigenvalue weighted by Crippen LogP contribution is -2.65. The van der Waals surface area contributed by atoms with Crippen LogP contribution < -0.4 is 4.74 Å². The number of ketones is 1. The number of fused-ring (bicyclic) bond motifs is 1. The summed E-state index contributed by atoms with van der Waals surface area (Å²) in [6, 6.07) is 19.6. The molecule has 0 bridgehead atoms. The van der Waals surface area contributed by atoms with E-state index in [0.717, 1.165) is 0 Å². The molecule has 0 saturated heterocycles. The molecule has 1 aliphatic heterocycles. The molecule has 1 N–H and O–H groups in total. The first-order valence-corrected chi connectivity index (χ1v) is 12.1. The third kappa shape index (κ3) is 3.87. The molecule has 8 nitrogen and oxygen atoms in total. The number of para-hydroxylation sites is 1. The lowest BCUT2D eigenvalue weighted by atomic mass is 9.87. The summed E-state index contributed by atoms with van der Waals surface area (Å²) in [5, 5.41) is 11.4. The van der Waals surface area contributed by atoms with Gasteiger partial charge in [0.1, 0.15) is 11.5 Å². The van der Waals surface area contributed by atoms with Gasteiger partial charge in [0.05, 0.1) is 17.5 Å². The average molecular weight is 482 g/mol. The number of carbonyl (C=O) groups excluding carboxylic acids is 2. The standard InChI is InChI=1S/C25H23NO7S/c1-3-32-24(28)25(29)23(27)21-15-14-19(33-18-10-6-4-7-11-18)16-22(21)17(2)26(25)34(30,31)20-12-8-5-9-13-20/h4-17,29H,3H2,1-2H3. The van der Waals surface area contributed by atoms with Crippen molar-refractivity contribution in [3.05, 3.63) is 90.0 Å². The first kappa shape index (κ1) is 23.6. The highest BCUT2D eigenvalue weighted by Crippen LogP contribution is 2.43. The second-order valence-corrected chi connectivity index (χ2v) is 9.49. The molecule has 3 aromatic carbocycles. The molecule has 0 saturated carbocycles. The Balaban J connectivity index is 1.88. The second kappa shape index (κ2) is 9.02. The van der Waals surface area contributed by atoms with Crippen molar-refractivity contribution < 1.29 is 32.6 Å². The van der Waals surface area contributed by atoms with Crippen molar-refractivity contribution in [2.24, 2.45) is 0 Å². The van der Waals surface area contributed by atoms with E-state index in [1.807, 2.05) is 6.07 Å². The van der Waals surface area contributed by atoms with E-state index in [0.29, 0.717) is 15.8 Å². The number of aliphatic hydroxyl groups is 1. The summed E-state index contributed by atoms with van der Waals surface area (Å²) in [6.45, 7) is 2.83. The van der Waals surface area contributed by atoms with Crippen LogP contribution in [0.4, 0.5) is 0 Å². The highest BCUT2D eigenvalue weighted by Gasteiger charge is 2.61. The van der Waals surface area contributed by atoms with Gasteiger partial charge in [-0.25, -0.2) is 13.2 Å². The summed E-state index contributed by atoms with van der Waals surface area (Å²) in [6.07, 6.45) is 0. The zero-order valence-corrected chi connectivity index (χ0v) is 19.4. The largest absolute Gasteiger partial charge is 0.462 e. The topological polar surface area (TPSA) is 110 Å². The summed E-state index contributed by atoms with van der Waals surface area (Å²) in [5.41, 5.74) is -2.78. The molecule has 1 aliphatic rings. The predicted octanol–water partition coefficient (Wildman–Crippen LogP) is 3.68. The van der Waals surface area contributed by atoms with Gasteiger partial charge in [-0.15, -0.1) is 4.31 Å². The van der Waals surface area contributed by atoms with Crippen LogP contribution in [-0.4, -0.2) is 41.9 Å². The predicted molar refractivity (Wildman–Crippen MR) is 123 cm³/mol. The van der Waals surface area contributed by atoms with Crippen LogP contribution in [-0.2, 0) is 19.6 Å². The molecule has 3 aromatic rings. The van der Waals surface area contributed by atoms with Gasteiger partial charge in [-0.3, -0.25) is 4.79 Å². The molecule has 1 heterocycles. The molecule has 2 unspecified atom stereocenters. The number of hydrogen-bond donors (Lipinski definition) is 1. The van der Waals surface area contributed by atoms with Crippen LogP contribution in [0, 0.1) is 0 Å². The van der Waals surface area contributed by atoms with E-state index in [2.05, 4.69) is 0 Å². The number of rotatable bonds is 6. The summed E-state index contributed by atoms with van der Waals surface area (Å²) >= 11 is 0. The number of nitrogens with zero attached hydrogens (tertiary/aromatic N) is 1. The molecule has 34 heavy (non-hydrogen) atoms. The molecule has 0 aromatic heterocycles. The maximum absolute atomic E-state index is 13.6. The van der Waals surface area contributed by atoms with Crippen molar-refractivity contribution in [2.45, 2.75) is 30.5 Å². The zero-order chi connectivity index (χ0) is 24.5. The molecule has 0 fully saturated rings. The summed E-state index contributed by atoms with van der Waals surface area (Å²) in [5.74, 6) is -1.54. The normalized spacial score (nSPS) is 20.4. The second-order valence-electron chi connectivity index (χ2n) is 7.68. The summed E-state index contributed by atoms with van der Waals surface area (Å²) < 4.78 is 38.6. The van der Waals surface area contributed by atoms with Crippen LogP contribution in [0.2, 0.25) is 0 Å². The average Bonchev–Trinajstić information content (AvgIpc) is 2.84. The fourth-order valence-corrected chi connectivity index (χ4v) is 5.74. The Hall–Kier alpha value is -3.53. The Bertz CT molecular complexity index is 1330. The van der Waals surface area contributed by atoms with Gasteiger partial charge in [0.15, 0.2) is 0 Å². The van der Waals surface area contributed by atoms with Gasteiger partial charge in [0.25, 0.3) is 5.72 Å². The van der Waals surface area contributed by atoms with Gasteiger partial charge < -0.3 is 14.6 Å². The number of Topliss-reactive ketones (excluding diaryl/α,β-unsaturated/α-hetero) is 1. The van der Waals surface area contributed by atoms with Crippen molar-refractivity contribution in [3.63, 3.8) is 0 Å². The molecule has 0 aliphatic carbocycles. The quantitative estimate of drug-likeness (QED) is 0.422. The van der Waals surface area contributed by atoms with E-state index in [1.165, 1.54) is 56.3 Å². The van der Waals surface area contributed by atoms with Gasteiger partial charge in [0.2, 0.25) is 15.8 Å². The number of benzene rings is 3. The Kier molecular flexibility index (Phi) is 6.26. The zero-order valence-electron chi connectivity index (χ0n) is 18.5. The first-order chi connectivity index (χ1) is 16.2. The number of hydrogen-bond acceptors (Lipinski definition) is 7. The molecule has 9 heteroatoms. The van der Waals surface area contributed by atoms with E-state index in [4.69, 9.17) is 9.47 Å². The van der Waals surface area contributed by atoms with Gasteiger partial charge in [-0.1, -0.05) is 36.4 Å². The Morgan fingerprint density at radius 1 is 1.00 bits per heavy atom. The van der Waals surface area contributed by atoms with Crippen LogP contribution in [0.5, 0.6) is 11.5 Å². The SMILES string of the molecule is CCOC(=O)C1(O)C(=O)c2ccc(Oc3ccccc3)cc2C(C)N1S(=O)(=O)c1ccccc1. The lowest BCUT2D eigenvalue weighted by Gasteiger charge is -2.43. The lowest BCUT2D eigenvalue weighted by molar-refractivity contribution is -0.173. The minimum atomic E-state index is -4.51. The molecule has 0 spiro atoms. The number of carbonyl (C=O) groups is 2. The Labute approximate surface area is 197 Å². The molecule has 0 amide bonds. The van der Waals surface area contributed by atoms with E-state index < -0.39 is 33.5 Å². The minimum Gasteiger partial charge on any atom is -0.462 e. The Morgan fingerprint density at radius 2 is 1.62 bits per heavy atom. The first-order valence-electron chi connectivity index (χ1n) is 10.6. The van der Waals surface area contributed by atoms with Gasteiger partial charge in [-0.05, 0) is 61.9 Å². The van der Waals surface area contributed by atoms with Crippen LogP contribution in [0.1, 0.15) is 35.8 Å². The van der Waals surface area contributed by atoms with Gasteiger partial charge >= 0.3 is 5.97 Å². The number of ether oxygens (including phenoxy) is 2. The molecular formula is C25H23NO7S. The van der Waals surface area contributed by atoms with E-state index >= 15 is 0 Å². The Morgan fingerprint density at radius 3 is 2.24 bits per heavy atom. The van der Waals surface area contributed by atoms with E-state index in [9.17, 15) is 23.1 Å². The highest BCUT2D eigenvalue weighted by molar-refractivity contribution is 7.89. The third-order valence-corrected chi connectivity index (χ3v) is 7.51. The fourth-order valence-electron chi connectivity index (χ4n) is 3.98. The molecular weight excluding hydrogens is 458 g/mol. The van der Waals surface area contributed by atoms with Crippen LogP contribution >= 0.6 is 0 Å². The summed E-state index contributed by atoms with van der Waals surface area (Å²) in [4.78, 5) is 26.1. The van der Waals surface area contributed by atoms with Gasteiger partial charge in [-0.2, -0.15) is 0 Å². The minimum absolute atomic E-state index is 0.00276. The van der Waals surface area contributed by atoms with Crippen molar-refractivity contribution >= 4 is 21.8 Å². The van der Waals surface area contributed by atoms with Crippen molar-refractivity contribution in [2.75, 3.05) is 6.61 Å². The van der Waals surface area contributed by atoms with Crippen molar-refractivity contribution in [3.8, 4) is 11.5 Å². The van der Waals surface area contributed by atoms with Crippen molar-refractivity contribution in [1.29, 1.82) is 0 Å². The van der Waals surface area contributed by atoms with Crippen LogP contribution in [0.3, 0.4) is 0 Å². The molecule has 176 valence electrons. The van der Waals surface area contributed by atoms with E-state index in [-0.39, 0.29) is 22.6 Å². The maximum Gasteiger partial charge on any atom is 0.363 e. The molecule has 2 atom stereocenters. The van der Waals surface area contributed by atoms with Crippen LogP contribution in [0.15, 0.2) is 83.8 Å². The fraction of sp³-hybridized carbons (Fsp3) is 0.200. The maximum atomic E-state index is 13.6. The van der Waals surface area contributed by atoms with Crippen molar-refractivity contribution in [1.82, 2.24) is 4.31 Å². The third-order valence-electron chi connectivity index (χ3n) is 5.54. The smallest absolute Gasteiger partial charge is 0.363 e. The monoisotopic (exact) mass is 481 g/mol. The molecule has 4 rings (SSSR count). The van der Waals surface area contributed by atoms with Crippen LogP contribution in [0.25, 0.3) is 0 Å². The number of sulfonamides is 1. The highest BCUT2D eigenvalue weighted by atomic mass is 32.2.